The zero-order chi connectivity index (χ0) is 18.6. The van der Waals surface area contributed by atoms with Gasteiger partial charge < -0.3 is 20.1 Å². The lowest BCUT2D eigenvalue weighted by atomic mass is 9.92. The first kappa shape index (κ1) is 17.5. The zero-order valence-corrected chi connectivity index (χ0v) is 16.8. The number of hydrogen-bond donors (Lipinski definition) is 2. The molecule has 1 aliphatic carbocycles. The van der Waals surface area contributed by atoms with Crippen molar-refractivity contribution in [3.8, 4) is 17.0 Å². The standard InChI is InChI=1S/C21H27N3O2S/c1-13-6-7-16-18(24(13)2)9-8-15(19(16)26-14-4-3-5-14)17-10-27-20(23-17)21(25)11-22-12-21/h8-10,13-14,22,25H,3-7,11-12H2,1-2H3. The van der Waals surface area contributed by atoms with Gasteiger partial charge >= 0.3 is 0 Å². The van der Waals surface area contributed by atoms with E-state index in [0.717, 1.165) is 47.7 Å². The Morgan fingerprint density at radius 1 is 1.30 bits per heavy atom. The first-order chi connectivity index (χ1) is 13.0. The summed E-state index contributed by atoms with van der Waals surface area (Å²) in [7, 11) is 2.18. The van der Waals surface area contributed by atoms with E-state index in [0.29, 0.717) is 25.2 Å². The fourth-order valence-corrected chi connectivity index (χ4v) is 5.01. The van der Waals surface area contributed by atoms with Gasteiger partial charge in [-0.25, -0.2) is 4.98 Å². The van der Waals surface area contributed by atoms with Crippen LogP contribution in [0.1, 0.15) is 43.2 Å². The molecule has 1 atom stereocenters. The van der Waals surface area contributed by atoms with Crippen molar-refractivity contribution in [2.75, 3.05) is 25.0 Å². The van der Waals surface area contributed by atoms with E-state index in [4.69, 9.17) is 9.72 Å². The first-order valence-electron chi connectivity index (χ1n) is 10.00. The Balaban J connectivity index is 1.57. The Bertz CT molecular complexity index is 857. The molecular formula is C21H27N3O2S. The lowest BCUT2D eigenvalue weighted by Crippen LogP contribution is -2.56. The number of fused-ring (bicyclic) bond motifs is 1. The molecule has 0 spiro atoms. The van der Waals surface area contributed by atoms with E-state index < -0.39 is 5.60 Å². The molecule has 3 aliphatic rings. The van der Waals surface area contributed by atoms with E-state index in [1.54, 1.807) is 11.3 Å². The van der Waals surface area contributed by atoms with E-state index in [9.17, 15) is 5.11 Å². The molecule has 2 fully saturated rings. The Morgan fingerprint density at radius 3 is 2.78 bits per heavy atom. The molecule has 1 saturated heterocycles. The molecule has 1 saturated carbocycles. The molecular weight excluding hydrogens is 358 g/mol. The third-order valence-electron chi connectivity index (χ3n) is 6.44. The van der Waals surface area contributed by atoms with Gasteiger partial charge in [0, 0.05) is 48.4 Å². The fourth-order valence-electron chi connectivity index (χ4n) is 4.09. The minimum absolute atomic E-state index is 0.332. The van der Waals surface area contributed by atoms with Crippen molar-refractivity contribution in [2.45, 2.75) is 56.8 Å². The summed E-state index contributed by atoms with van der Waals surface area (Å²) in [4.78, 5) is 7.17. The molecule has 1 aromatic carbocycles. The zero-order valence-electron chi connectivity index (χ0n) is 16.0. The quantitative estimate of drug-likeness (QED) is 0.846. The maximum atomic E-state index is 10.6. The lowest BCUT2D eigenvalue weighted by Gasteiger charge is -2.37. The molecule has 5 rings (SSSR count). The number of benzene rings is 1. The van der Waals surface area contributed by atoms with Gasteiger partial charge in [0.05, 0.1) is 11.8 Å². The summed E-state index contributed by atoms with van der Waals surface area (Å²) < 4.78 is 6.52. The van der Waals surface area contributed by atoms with Gasteiger partial charge in [-0.1, -0.05) is 0 Å². The summed E-state index contributed by atoms with van der Waals surface area (Å²) >= 11 is 1.55. The highest BCUT2D eigenvalue weighted by molar-refractivity contribution is 7.10. The average molecular weight is 386 g/mol. The van der Waals surface area contributed by atoms with Gasteiger partial charge in [0.2, 0.25) is 0 Å². The van der Waals surface area contributed by atoms with Gasteiger partial charge in [0.15, 0.2) is 0 Å². The number of anilines is 1. The van der Waals surface area contributed by atoms with Crippen LogP contribution in [0.3, 0.4) is 0 Å². The average Bonchev–Trinajstić information content (AvgIpc) is 3.09. The smallest absolute Gasteiger partial charge is 0.141 e. The van der Waals surface area contributed by atoms with Crippen molar-refractivity contribution in [3.05, 3.63) is 28.1 Å². The lowest BCUT2D eigenvalue weighted by molar-refractivity contribution is -0.0147. The molecule has 5 nitrogen and oxygen atoms in total. The largest absolute Gasteiger partial charge is 0.489 e. The maximum Gasteiger partial charge on any atom is 0.141 e. The predicted molar refractivity (Wildman–Crippen MR) is 109 cm³/mol. The topological polar surface area (TPSA) is 57.6 Å². The van der Waals surface area contributed by atoms with Gasteiger partial charge in [-0.05, 0) is 51.2 Å². The van der Waals surface area contributed by atoms with E-state index in [1.807, 2.05) is 0 Å². The second-order valence-corrected chi connectivity index (χ2v) is 9.14. The van der Waals surface area contributed by atoms with Crippen molar-refractivity contribution in [1.82, 2.24) is 10.3 Å². The number of hydrogen-bond acceptors (Lipinski definition) is 6. The third kappa shape index (κ3) is 2.85. The minimum atomic E-state index is -0.804. The fraction of sp³-hybridized carbons (Fsp3) is 0.571. The molecule has 1 unspecified atom stereocenters. The number of aliphatic hydroxyl groups is 1. The van der Waals surface area contributed by atoms with Crippen LogP contribution in [0.5, 0.6) is 5.75 Å². The summed E-state index contributed by atoms with van der Waals surface area (Å²) in [6.07, 6.45) is 6.06. The highest BCUT2D eigenvalue weighted by atomic mass is 32.1. The van der Waals surface area contributed by atoms with Gasteiger partial charge in [-0.3, -0.25) is 0 Å². The van der Waals surface area contributed by atoms with Crippen LogP contribution in [0.2, 0.25) is 0 Å². The van der Waals surface area contributed by atoms with Crippen LogP contribution in [0.4, 0.5) is 5.69 Å². The molecule has 144 valence electrons. The summed E-state index contributed by atoms with van der Waals surface area (Å²) in [5.41, 5.74) is 3.79. The van der Waals surface area contributed by atoms with Gasteiger partial charge in [0.25, 0.3) is 0 Å². The maximum absolute atomic E-state index is 10.6. The molecule has 0 amide bonds. The Morgan fingerprint density at radius 2 is 2.11 bits per heavy atom. The molecule has 2 aromatic rings. The monoisotopic (exact) mass is 385 g/mol. The molecule has 6 heteroatoms. The molecule has 27 heavy (non-hydrogen) atoms. The number of thiazole rings is 1. The molecule has 3 heterocycles. The highest BCUT2D eigenvalue weighted by Crippen LogP contribution is 2.44. The van der Waals surface area contributed by atoms with E-state index in [1.165, 1.54) is 17.7 Å². The van der Waals surface area contributed by atoms with Crippen LogP contribution >= 0.6 is 11.3 Å². The van der Waals surface area contributed by atoms with Gasteiger partial charge in [0.1, 0.15) is 16.4 Å². The number of aromatic nitrogens is 1. The van der Waals surface area contributed by atoms with Crippen LogP contribution in [-0.4, -0.2) is 42.4 Å². The Labute approximate surface area is 164 Å². The van der Waals surface area contributed by atoms with Crippen LogP contribution in [0, 0.1) is 0 Å². The van der Waals surface area contributed by atoms with Crippen LogP contribution in [0.15, 0.2) is 17.5 Å². The number of nitrogens with zero attached hydrogens (tertiary/aromatic N) is 2. The summed E-state index contributed by atoms with van der Waals surface area (Å²) in [5, 5.41) is 16.6. The van der Waals surface area contributed by atoms with Crippen LogP contribution in [-0.2, 0) is 12.0 Å². The van der Waals surface area contributed by atoms with Crippen molar-refractivity contribution >= 4 is 17.0 Å². The van der Waals surface area contributed by atoms with Crippen LogP contribution in [0.25, 0.3) is 11.3 Å². The number of rotatable bonds is 4. The van der Waals surface area contributed by atoms with Crippen molar-refractivity contribution in [1.29, 1.82) is 0 Å². The first-order valence-corrected chi connectivity index (χ1v) is 10.9. The predicted octanol–water partition coefficient (Wildman–Crippen LogP) is 3.30. The summed E-state index contributed by atoms with van der Waals surface area (Å²) in [6, 6.07) is 4.92. The summed E-state index contributed by atoms with van der Waals surface area (Å²) in [6.45, 7) is 3.44. The molecule has 2 aliphatic heterocycles. The van der Waals surface area contributed by atoms with E-state index in [-0.39, 0.29) is 0 Å². The molecule has 0 radical (unpaired) electrons. The van der Waals surface area contributed by atoms with E-state index in [2.05, 4.69) is 41.7 Å². The second kappa shape index (κ2) is 6.47. The normalized spacial score (nSPS) is 24.1. The number of ether oxygens (including phenoxy) is 1. The Kier molecular flexibility index (Phi) is 4.18. The van der Waals surface area contributed by atoms with Gasteiger partial charge in [-0.2, -0.15) is 0 Å². The SMILES string of the molecule is CC1CCc2c(ccc(-c3csc(C4(O)CNC4)n3)c2OC2CCC2)N1C. The van der Waals surface area contributed by atoms with Crippen molar-refractivity contribution in [2.24, 2.45) is 0 Å². The van der Waals surface area contributed by atoms with Crippen molar-refractivity contribution < 1.29 is 9.84 Å². The molecule has 0 bridgehead atoms. The van der Waals surface area contributed by atoms with Crippen molar-refractivity contribution in [3.63, 3.8) is 0 Å². The second-order valence-electron chi connectivity index (χ2n) is 8.28. The molecule has 2 N–H and O–H groups in total. The van der Waals surface area contributed by atoms with E-state index >= 15 is 0 Å². The van der Waals surface area contributed by atoms with Crippen LogP contribution < -0.4 is 15.0 Å². The van der Waals surface area contributed by atoms with Gasteiger partial charge in [-0.15, -0.1) is 11.3 Å². The number of β-amino-alcohol motifs (C(OH)–C–C–N with tert-alkyl or cyclic N) is 1. The summed E-state index contributed by atoms with van der Waals surface area (Å²) in [5.74, 6) is 1.02. The number of nitrogens with one attached hydrogen (secondary N) is 1. The molecule has 1 aromatic heterocycles. The third-order valence-corrected chi connectivity index (χ3v) is 7.47. The Hall–Kier alpha value is -1.63. The minimum Gasteiger partial charge on any atom is -0.489 e. The highest BCUT2D eigenvalue weighted by Gasteiger charge is 2.39.